The van der Waals surface area contributed by atoms with Crippen LogP contribution in [0.15, 0.2) is 42.5 Å². The second-order valence-electron chi connectivity index (χ2n) is 8.16. The van der Waals surface area contributed by atoms with Gasteiger partial charge >= 0.3 is 6.18 Å². The molecule has 9 heteroatoms. The van der Waals surface area contributed by atoms with Crippen LogP contribution in [-0.2, 0) is 17.4 Å². The highest BCUT2D eigenvalue weighted by molar-refractivity contribution is 5.94. The number of halogens is 3. The average molecular weight is 449 g/mol. The van der Waals surface area contributed by atoms with Gasteiger partial charge in [0.2, 0.25) is 5.91 Å². The fourth-order valence-electron chi connectivity index (χ4n) is 4.04. The highest BCUT2D eigenvalue weighted by Gasteiger charge is 2.30. The molecule has 2 aromatic carbocycles. The van der Waals surface area contributed by atoms with E-state index in [2.05, 4.69) is 10.2 Å². The molecule has 1 saturated heterocycles. The number of nitrogens with one attached hydrogen (secondary N) is 1. The highest BCUT2D eigenvalue weighted by atomic mass is 19.4. The summed E-state index contributed by atoms with van der Waals surface area (Å²) < 4.78 is 43.9. The molecule has 2 aromatic rings. The first-order chi connectivity index (χ1) is 15.3. The first-order valence-electron chi connectivity index (χ1n) is 10.7. The molecule has 4 rings (SSSR count). The number of alkyl halides is 3. The lowest BCUT2D eigenvalue weighted by Crippen LogP contribution is -2.49. The van der Waals surface area contributed by atoms with E-state index in [9.17, 15) is 23.1 Å². The number of carbonyl (C=O) groups is 1. The Morgan fingerprint density at radius 3 is 2.44 bits per heavy atom. The van der Waals surface area contributed by atoms with Gasteiger partial charge in [-0.1, -0.05) is 0 Å². The lowest BCUT2D eigenvalue weighted by atomic mass is 10.0. The van der Waals surface area contributed by atoms with E-state index in [4.69, 9.17) is 4.74 Å². The number of rotatable bonds is 6. The Balaban J connectivity index is 1.22. The third-order valence-electron chi connectivity index (χ3n) is 5.82. The van der Waals surface area contributed by atoms with Crippen molar-refractivity contribution < 1.29 is 27.8 Å². The van der Waals surface area contributed by atoms with Gasteiger partial charge < -0.3 is 20.1 Å². The molecule has 172 valence electrons. The third-order valence-corrected chi connectivity index (χ3v) is 5.82. The van der Waals surface area contributed by atoms with Gasteiger partial charge in [-0.25, -0.2) is 0 Å². The van der Waals surface area contributed by atoms with Gasteiger partial charge in [0.25, 0.3) is 0 Å². The van der Waals surface area contributed by atoms with Gasteiger partial charge in [0.1, 0.15) is 18.5 Å². The number of anilines is 2. The Morgan fingerprint density at radius 2 is 1.75 bits per heavy atom. The largest absolute Gasteiger partial charge is 0.491 e. The van der Waals surface area contributed by atoms with Crippen LogP contribution in [0.2, 0.25) is 0 Å². The summed E-state index contributed by atoms with van der Waals surface area (Å²) in [4.78, 5) is 15.6. The molecule has 6 nitrogen and oxygen atoms in total. The molecule has 0 spiro atoms. The number of β-amino-alcohol motifs (C(OH)–C–C–N with tert-alkyl or cyclic N) is 1. The third kappa shape index (κ3) is 5.52. The van der Waals surface area contributed by atoms with Crippen LogP contribution < -0.4 is 15.0 Å². The Hall–Kier alpha value is -2.78. The summed E-state index contributed by atoms with van der Waals surface area (Å²) in [5, 5.41) is 13.2. The number of aliphatic hydroxyl groups is 1. The van der Waals surface area contributed by atoms with Crippen molar-refractivity contribution in [2.75, 3.05) is 49.5 Å². The topological polar surface area (TPSA) is 65.0 Å². The summed E-state index contributed by atoms with van der Waals surface area (Å²) in [7, 11) is 0. The Kier molecular flexibility index (Phi) is 6.57. The quantitative estimate of drug-likeness (QED) is 0.710. The van der Waals surface area contributed by atoms with Crippen molar-refractivity contribution in [3.05, 3.63) is 53.6 Å². The first kappa shape index (κ1) is 22.4. The van der Waals surface area contributed by atoms with Crippen LogP contribution in [0.3, 0.4) is 0 Å². The Morgan fingerprint density at radius 1 is 1.03 bits per heavy atom. The number of benzene rings is 2. The zero-order valence-corrected chi connectivity index (χ0v) is 17.6. The number of carbonyl (C=O) groups excluding carboxylic acids is 1. The van der Waals surface area contributed by atoms with Gasteiger partial charge in [-0.3, -0.25) is 9.69 Å². The molecule has 1 atom stereocenters. The summed E-state index contributed by atoms with van der Waals surface area (Å²) in [5.74, 6) is 0.672. The lowest BCUT2D eigenvalue weighted by Gasteiger charge is -2.37. The molecule has 2 aliphatic rings. The van der Waals surface area contributed by atoms with Crippen molar-refractivity contribution in [3.63, 3.8) is 0 Å². The molecule has 0 saturated carbocycles. The summed E-state index contributed by atoms with van der Waals surface area (Å²) in [6.07, 6.45) is -3.87. The van der Waals surface area contributed by atoms with Gasteiger partial charge in [0.15, 0.2) is 0 Å². The van der Waals surface area contributed by atoms with E-state index in [0.717, 1.165) is 29.1 Å². The van der Waals surface area contributed by atoms with Crippen molar-refractivity contribution in [1.29, 1.82) is 0 Å². The number of hydrogen-bond donors (Lipinski definition) is 2. The molecule has 0 aliphatic carbocycles. The van der Waals surface area contributed by atoms with Crippen molar-refractivity contribution in [3.8, 4) is 5.75 Å². The molecule has 2 aliphatic heterocycles. The molecular formula is C23H26F3N3O3. The van der Waals surface area contributed by atoms with Crippen LogP contribution in [-0.4, -0.2) is 61.3 Å². The van der Waals surface area contributed by atoms with Gasteiger partial charge in [-0.05, 0) is 54.4 Å². The van der Waals surface area contributed by atoms with Crippen LogP contribution in [0.5, 0.6) is 5.75 Å². The SMILES string of the molecule is O=C1CCc2cc(OC[C@H](O)CN3CCN(c4ccc(C(F)(F)F)cc4)CC3)ccc2N1. The minimum Gasteiger partial charge on any atom is -0.491 e. The smallest absolute Gasteiger partial charge is 0.416 e. The standard InChI is InChI=1S/C23H26F3N3O3/c24-23(25,26)17-2-4-18(5-3-17)29-11-9-28(10-12-29)14-19(30)15-32-20-6-7-21-16(13-20)1-8-22(31)27-21/h2-7,13,19,30H,1,8-12,14-15H2,(H,27,31)/t19-/m1/s1. The molecule has 2 heterocycles. The van der Waals surface area contributed by atoms with Gasteiger partial charge in [0, 0.05) is 50.5 Å². The van der Waals surface area contributed by atoms with Crippen molar-refractivity contribution >= 4 is 17.3 Å². The highest BCUT2D eigenvalue weighted by Crippen LogP contribution is 2.31. The number of aryl methyl sites for hydroxylation is 1. The van der Waals surface area contributed by atoms with E-state index in [-0.39, 0.29) is 12.5 Å². The number of piperazine rings is 1. The first-order valence-corrected chi connectivity index (χ1v) is 10.7. The molecule has 0 aromatic heterocycles. The molecule has 0 unspecified atom stereocenters. The summed E-state index contributed by atoms with van der Waals surface area (Å²) >= 11 is 0. The van der Waals surface area contributed by atoms with Crippen LogP contribution in [0, 0.1) is 0 Å². The van der Waals surface area contributed by atoms with E-state index >= 15 is 0 Å². The maximum atomic E-state index is 12.7. The van der Waals surface area contributed by atoms with Gasteiger partial charge in [-0.15, -0.1) is 0 Å². The second kappa shape index (κ2) is 9.38. The van der Waals surface area contributed by atoms with Gasteiger partial charge in [0.05, 0.1) is 5.56 Å². The zero-order chi connectivity index (χ0) is 22.7. The summed E-state index contributed by atoms with van der Waals surface area (Å²) in [5.41, 5.74) is 1.95. The van der Waals surface area contributed by atoms with Crippen LogP contribution in [0.25, 0.3) is 0 Å². The van der Waals surface area contributed by atoms with Crippen molar-refractivity contribution in [1.82, 2.24) is 4.90 Å². The number of nitrogens with zero attached hydrogens (tertiary/aromatic N) is 2. The monoisotopic (exact) mass is 449 g/mol. The minimum absolute atomic E-state index is 0.0139. The second-order valence-corrected chi connectivity index (χ2v) is 8.16. The molecule has 0 radical (unpaired) electrons. The van der Waals surface area contributed by atoms with E-state index in [1.165, 1.54) is 12.1 Å². The zero-order valence-electron chi connectivity index (χ0n) is 17.6. The summed E-state index contributed by atoms with van der Waals surface area (Å²) in [6.45, 7) is 3.38. The van der Waals surface area contributed by atoms with E-state index in [0.29, 0.717) is 51.3 Å². The Labute approximate surface area is 184 Å². The molecule has 1 amide bonds. The predicted molar refractivity (Wildman–Crippen MR) is 115 cm³/mol. The fourth-order valence-corrected chi connectivity index (χ4v) is 4.04. The predicted octanol–water partition coefficient (Wildman–Crippen LogP) is 3.15. The molecule has 2 N–H and O–H groups in total. The maximum absolute atomic E-state index is 12.7. The van der Waals surface area contributed by atoms with Crippen LogP contribution >= 0.6 is 0 Å². The number of amides is 1. The van der Waals surface area contributed by atoms with Crippen LogP contribution in [0.4, 0.5) is 24.5 Å². The van der Waals surface area contributed by atoms with Crippen LogP contribution in [0.1, 0.15) is 17.5 Å². The average Bonchev–Trinajstić information content (AvgIpc) is 2.78. The minimum atomic E-state index is -4.33. The van der Waals surface area contributed by atoms with Crippen molar-refractivity contribution in [2.24, 2.45) is 0 Å². The maximum Gasteiger partial charge on any atom is 0.416 e. The fraction of sp³-hybridized carbons (Fsp3) is 0.435. The van der Waals surface area contributed by atoms with E-state index in [1.807, 2.05) is 17.0 Å². The molecule has 32 heavy (non-hydrogen) atoms. The number of aliphatic hydroxyl groups excluding tert-OH is 1. The molecule has 1 fully saturated rings. The Bertz CT molecular complexity index is 942. The lowest BCUT2D eigenvalue weighted by molar-refractivity contribution is -0.137. The number of fused-ring (bicyclic) bond motifs is 1. The van der Waals surface area contributed by atoms with E-state index in [1.54, 1.807) is 6.07 Å². The number of ether oxygens (including phenoxy) is 1. The molecule has 0 bridgehead atoms. The normalized spacial score (nSPS) is 18.1. The summed E-state index contributed by atoms with van der Waals surface area (Å²) in [6, 6.07) is 10.7. The van der Waals surface area contributed by atoms with Crippen molar-refractivity contribution in [2.45, 2.75) is 25.1 Å². The van der Waals surface area contributed by atoms with Gasteiger partial charge in [-0.2, -0.15) is 13.2 Å². The van der Waals surface area contributed by atoms with E-state index < -0.39 is 17.8 Å². The molecular weight excluding hydrogens is 423 g/mol. The number of hydrogen-bond acceptors (Lipinski definition) is 5.